The van der Waals surface area contributed by atoms with Crippen LogP contribution < -0.4 is 0 Å². The number of hydrogen-bond donors (Lipinski definition) is 0. The van der Waals surface area contributed by atoms with Crippen molar-refractivity contribution in [3.05, 3.63) is 69.2 Å². The first-order valence-corrected chi connectivity index (χ1v) is 8.31. The average Bonchev–Trinajstić information content (AvgIpc) is 2.50. The van der Waals surface area contributed by atoms with Crippen LogP contribution >= 0.6 is 15.9 Å². The van der Waals surface area contributed by atoms with Crippen LogP contribution in [0.1, 0.15) is 52.2 Å². The number of carbonyl (C=O) groups excluding carboxylic acids is 1. The summed E-state index contributed by atoms with van der Waals surface area (Å²) < 4.78 is 1.01. The van der Waals surface area contributed by atoms with Crippen LogP contribution in [0.2, 0.25) is 0 Å². The molecule has 0 amide bonds. The van der Waals surface area contributed by atoms with E-state index >= 15 is 0 Å². The molecule has 3 rings (SSSR count). The molecule has 1 aliphatic rings. The molecule has 0 bridgehead atoms. The van der Waals surface area contributed by atoms with Gasteiger partial charge in [0.05, 0.1) is 0 Å². The van der Waals surface area contributed by atoms with E-state index in [1.807, 2.05) is 25.1 Å². The van der Waals surface area contributed by atoms with Gasteiger partial charge in [-0.05, 0) is 54.9 Å². The molecule has 0 N–H and O–H groups in total. The number of benzene rings is 2. The van der Waals surface area contributed by atoms with Crippen molar-refractivity contribution in [1.29, 1.82) is 0 Å². The predicted octanol–water partition coefficient (Wildman–Crippen LogP) is 5.45. The topological polar surface area (TPSA) is 17.1 Å². The van der Waals surface area contributed by atoms with E-state index in [-0.39, 0.29) is 5.78 Å². The normalized spacial score (nSPS) is 17.3. The number of Topliss-reactive ketones (excluding diaryl/α,β-unsaturated/α-hetero) is 1. The molecule has 1 unspecified atom stereocenters. The molecule has 2 aromatic carbocycles. The smallest absolute Gasteiger partial charge is 0.163 e. The third-order valence-corrected chi connectivity index (χ3v) is 5.27. The number of hydrogen-bond acceptors (Lipinski definition) is 1. The fraction of sp³-hybridized carbons (Fsp3) is 0.316. The zero-order valence-electron chi connectivity index (χ0n) is 12.2. The standard InChI is InChI=1S/C19H19BrO/c1-13-9-10-16(11-18(13)20)19(21)12-15-7-4-6-14-5-2-3-8-17(14)15/h2-3,5,8-11,15H,4,6-7,12H2,1H3. The fourth-order valence-electron chi connectivity index (χ4n) is 3.17. The molecule has 0 aromatic heterocycles. The van der Waals surface area contributed by atoms with Gasteiger partial charge in [0, 0.05) is 16.5 Å². The van der Waals surface area contributed by atoms with Gasteiger partial charge in [-0.2, -0.15) is 0 Å². The van der Waals surface area contributed by atoms with Gasteiger partial charge in [-0.25, -0.2) is 0 Å². The van der Waals surface area contributed by atoms with Crippen molar-refractivity contribution >= 4 is 21.7 Å². The van der Waals surface area contributed by atoms with E-state index in [1.165, 1.54) is 17.5 Å². The first kappa shape index (κ1) is 14.5. The Labute approximate surface area is 134 Å². The van der Waals surface area contributed by atoms with E-state index in [0.29, 0.717) is 12.3 Å². The maximum atomic E-state index is 12.6. The van der Waals surface area contributed by atoms with Crippen LogP contribution in [0.15, 0.2) is 46.9 Å². The maximum Gasteiger partial charge on any atom is 0.163 e. The zero-order chi connectivity index (χ0) is 14.8. The van der Waals surface area contributed by atoms with E-state index in [9.17, 15) is 4.79 Å². The molecule has 0 saturated heterocycles. The fourth-order valence-corrected chi connectivity index (χ4v) is 3.55. The molecule has 1 atom stereocenters. The Bertz CT molecular complexity index is 675. The Kier molecular flexibility index (Phi) is 4.25. The van der Waals surface area contributed by atoms with Gasteiger partial charge in [0.25, 0.3) is 0 Å². The summed E-state index contributed by atoms with van der Waals surface area (Å²) in [5.41, 5.74) is 4.78. The van der Waals surface area contributed by atoms with Crippen molar-refractivity contribution in [1.82, 2.24) is 0 Å². The summed E-state index contributed by atoms with van der Waals surface area (Å²) in [6.07, 6.45) is 4.08. The minimum Gasteiger partial charge on any atom is -0.294 e. The third-order valence-electron chi connectivity index (χ3n) is 4.42. The Hall–Kier alpha value is -1.41. The van der Waals surface area contributed by atoms with Crippen LogP contribution in [0.4, 0.5) is 0 Å². The highest BCUT2D eigenvalue weighted by Gasteiger charge is 2.22. The van der Waals surface area contributed by atoms with E-state index in [1.54, 1.807) is 0 Å². The van der Waals surface area contributed by atoms with Crippen molar-refractivity contribution in [2.45, 2.75) is 38.5 Å². The van der Waals surface area contributed by atoms with Crippen LogP contribution in [0.3, 0.4) is 0 Å². The van der Waals surface area contributed by atoms with Crippen LogP contribution in [-0.2, 0) is 6.42 Å². The van der Waals surface area contributed by atoms with Crippen molar-refractivity contribution in [2.24, 2.45) is 0 Å². The Morgan fingerprint density at radius 1 is 1.24 bits per heavy atom. The summed E-state index contributed by atoms with van der Waals surface area (Å²) in [4.78, 5) is 12.6. The molecule has 21 heavy (non-hydrogen) atoms. The molecule has 0 radical (unpaired) electrons. The molecule has 0 heterocycles. The van der Waals surface area contributed by atoms with Gasteiger partial charge in [-0.1, -0.05) is 52.3 Å². The Balaban J connectivity index is 1.81. The predicted molar refractivity (Wildman–Crippen MR) is 89.9 cm³/mol. The zero-order valence-corrected chi connectivity index (χ0v) is 13.8. The van der Waals surface area contributed by atoms with Gasteiger partial charge in [0.15, 0.2) is 5.78 Å². The molecule has 2 aromatic rings. The Morgan fingerprint density at radius 3 is 2.86 bits per heavy atom. The number of halogens is 1. The molecular weight excluding hydrogens is 324 g/mol. The molecule has 0 spiro atoms. The highest BCUT2D eigenvalue weighted by molar-refractivity contribution is 9.10. The minimum atomic E-state index is 0.248. The first-order valence-electron chi connectivity index (χ1n) is 7.52. The second kappa shape index (κ2) is 6.15. The van der Waals surface area contributed by atoms with Gasteiger partial charge >= 0.3 is 0 Å². The number of aryl methyl sites for hydroxylation is 2. The largest absolute Gasteiger partial charge is 0.294 e. The van der Waals surface area contributed by atoms with E-state index in [0.717, 1.165) is 28.4 Å². The van der Waals surface area contributed by atoms with E-state index < -0.39 is 0 Å². The highest BCUT2D eigenvalue weighted by Crippen LogP contribution is 2.34. The Morgan fingerprint density at radius 2 is 2.05 bits per heavy atom. The molecule has 0 fully saturated rings. The lowest BCUT2D eigenvalue weighted by Crippen LogP contribution is -2.14. The van der Waals surface area contributed by atoms with Gasteiger partial charge < -0.3 is 0 Å². The van der Waals surface area contributed by atoms with Gasteiger partial charge in [-0.3, -0.25) is 4.79 Å². The lowest BCUT2D eigenvalue weighted by atomic mass is 9.79. The second-order valence-corrected chi connectivity index (χ2v) is 6.73. The number of carbonyl (C=O) groups is 1. The van der Waals surface area contributed by atoms with Gasteiger partial charge in [-0.15, -0.1) is 0 Å². The van der Waals surface area contributed by atoms with Crippen molar-refractivity contribution < 1.29 is 4.79 Å². The van der Waals surface area contributed by atoms with Crippen LogP contribution in [0.5, 0.6) is 0 Å². The maximum absolute atomic E-state index is 12.6. The summed E-state index contributed by atoms with van der Waals surface area (Å²) in [6, 6.07) is 14.5. The number of fused-ring (bicyclic) bond motifs is 1. The van der Waals surface area contributed by atoms with Gasteiger partial charge in [0.1, 0.15) is 0 Å². The SMILES string of the molecule is Cc1ccc(C(=O)CC2CCCc3ccccc32)cc1Br. The molecule has 2 heteroatoms. The van der Waals surface area contributed by atoms with Crippen molar-refractivity contribution in [2.75, 3.05) is 0 Å². The molecule has 1 aliphatic carbocycles. The molecule has 1 nitrogen and oxygen atoms in total. The van der Waals surface area contributed by atoms with E-state index in [2.05, 4.69) is 40.2 Å². The van der Waals surface area contributed by atoms with Crippen LogP contribution in [0, 0.1) is 6.92 Å². The molecule has 0 aliphatic heterocycles. The van der Waals surface area contributed by atoms with Crippen molar-refractivity contribution in [3.63, 3.8) is 0 Å². The van der Waals surface area contributed by atoms with E-state index in [4.69, 9.17) is 0 Å². The quantitative estimate of drug-likeness (QED) is 0.677. The summed E-state index contributed by atoms with van der Waals surface area (Å²) >= 11 is 3.51. The summed E-state index contributed by atoms with van der Waals surface area (Å²) in [7, 11) is 0. The third kappa shape index (κ3) is 3.11. The number of ketones is 1. The average molecular weight is 343 g/mol. The number of rotatable bonds is 3. The second-order valence-electron chi connectivity index (χ2n) is 5.88. The molecule has 108 valence electrons. The van der Waals surface area contributed by atoms with Gasteiger partial charge in [0.2, 0.25) is 0 Å². The lowest BCUT2D eigenvalue weighted by molar-refractivity contribution is 0.0971. The van der Waals surface area contributed by atoms with Crippen LogP contribution in [0.25, 0.3) is 0 Å². The monoisotopic (exact) mass is 342 g/mol. The first-order chi connectivity index (χ1) is 10.1. The minimum absolute atomic E-state index is 0.248. The van der Waals surface area contributed by atoms with Crippen molar-refractivity contribution in [3.8, 4) is 0 Å². The summed E-state index contributed by atoms with van der Waals surface area (Å²) in [6.45, 7) is 2.04. The summed E-state index contributed by atoms with van der Waals surface area (Å²) in [5.74, 6) is 0.625. The highest BCUT2D eigenvalue weighted by atomic mass is 79.9. The molecular formula is C19H19BrO. The summed E-state index contributed by atoms with van der Waals surface area (Å²) in [5, 5.41) is 0. The van der Waals surface area contributed by atoms with Crippen LogP contribution in [-0.4, -0.2) is 5.78 Å². The lowest BCUT2D eigenvalue weighted by Gasteiger charge is -2.25. The molecule has 0 saturated carbocycles.